The van der Waals surface area contributed by atoms with Gasteiger partial charge in [-0.25, -0.2) is 4.79 Å². The minimum Gasteiger partial charge on any atom is -0.396 e. The van der Waals surface area contributed by atoms with Crippen molar-refractivity contribution in [3.8, 4) is 0 Å². The first-order chi connectivity index (χ1) is 11.6. The predicted molar refractivity (Wildman–Crippen MR) is 95.2 cm³/mol. The largest absolute Gasteiger partial charge is 0.396 e. The molecule has 0 spiro atoms. The summed E-state index contributed by atoms with van der Waals surface area (Å²) >= 11 is 0. The standard InChI is InChI=1S/C19H30N2O3/c1-15(7-10-22)13-20-18(23)21-14-19(8-11-24-12-9-19)17-6-4-3-5-16(17)2/h3-6,15,22H,7-14H2,1-2H3,(H2,20,21,23). The van der Waals surface area contributed by atoms with Gasteiger partial charge in [-0.15, -0.1) is 0 Å². The Labute approximate surface area is 144 Å². The molecule has 2 rings (SSSR count). The molecule has 1 aromatic carbocycles. The zero-order valence-electron chi connectivity index (χ0n) is 14.8. The molecule has 5 heteroatoms. The van der Waals surface area contributed by atoms with Crippen molar-refractivity contribution in [3.63, 3.8) is 0 Å². The lowest BCUT2D eigenvalue weighted by Crippen LogP contribution is -2.48. The van der Waals surface area contributed by atoms with E-state index < -0.39 is 0 Å². The number of aliphatic hydroxyl groups is 1. The molecule has 3 N–H and O–H groups in total. The number of aliphatic hydroxyl groups excluding tert-OH is 1. The monoisotopic (exact) mass is 334 g/mol. The molecule has 1 aromatic rings. The van der Waals surface area contributed by atoms with E-state index >= 15 is 0 Å². The number of amides is 2. The second kappa shape index (κ2) is 9.04. The molecule has 24 heavy (non-hydrogen) atoms. The van der Waals surface area contributed by atoms with Gasteiger partial charge in [0.25, 0.3) is 0 Å². The zero-order valence-corrected chi connectivity index (χ0v) is 14.8. The summed E-state index contributed by atoms with van der Waals surface area (Å²) in [6, 6.07) is 8.27. The van der Waals surface area contributed by atoms with Crippen LogP contribution in [0.1, 0.15) is 37.3 Å². The van der Waals surface area contributed by atoms with E-state index in [1.165, 1.54) is 11.1 Å². The lowest BCUT2D eigenvalue weighted by atomic mass is 9.72. The highest BCUT2D eigenvalue weighted by molar-refractivity contribution is 5.74. The van der Waals surface area contributed by atoms with Crippen molar-refractivity contribution in [1.82, 2.24) is 10.6 Å². The van der Waals surface area contributed by atoms with Crippen LogP contribution in [0.15, 0.2) is 24.3 Å². The summed E-state index contributed by atoms with van der Waals surface area (Å²) in [6.07, 6.45) is 2.53. The summed E-state index contributed by atoms with van der Waals surface area (Å²) in [5.41, 5.74) is 2.51. The number of hydrogen-bond acceptors (Lipinski definition) is 3. The zero-order chi connectivity index (χ0) is 17.4. The Morgan fingerprint density at radius 2 is 2.00 bits per heavy atom. The first-order valence-corrected chi connectivity index (χ1v) is 8.84. The Balaban J connectivity index is 1.97. The quantitative estimate of drug-likeness (QED) is 0.717. The molecule has 1 fully saturated rings. The minimum absolute atomic E-state index is 0.0579. The summed E-state index contributed by atoms with van der Waals surface area (Å²) in [5, 5.41) is 14.9. The molecule has 0 aromatic heterocycles. The molecular weight excluding hydrogens is 304 g/mol. The van der Waals surface area contributed by atoms with Gasteiger partial charge in [0.1, 0.15) is 0 Å². The van der Waals surface area contributed by atoms with Crippen molar-refractivity contribution in [2.24, 2.45) is 5.92 Å². The van der Waals surface area contributed by atoms with Crippen LogP contribution in [-0.4, -0.2) is 44.0 Å². The van der Waals surface area contributed by atoms with Crippen molar-refractivity contribution < 1.29 is 14.6 Å². The van der Waals surface area contributed by atoms with E-state index in [-0.39, 0.29) is 24.0 Å². The number of nitrogens with one attached hydrogen (secondary N) is 2. The third-order valence-electron chi connectivity index (χ3n) is 4.99. The number of urea groups is 1. The fraction of sp³-hybridized carbons (Fsp3) is 0.632. The Morgan fingerprint density at radius 1 is 1.29 bits per heavy atom. The molecule has 0 aliphatic carbocycles. The highest BCUT2D eigenvalue weighted by atomic mass is 16.5. The van der Waals surface area contributed by atoms with Crippen LogP contribution in [0.5, 0.6) is 0 Å². The van der Waals surface area contributed by atoms with Gasteiger partial charge in [0.05, 0.1) is 0 Å². The Morgan fingerprint density at radius 3 is 2.67 bits per heavy atom. The maximum absolute atomic E-state index is 12.1. The summed E-state index contributed by atoms with van der Waals surface area (Å²) in [7, 11) is 0. The Kier molecular flexibility index (Phi) is 7.06. The van der Waals surface area contributed by atoms with E-state index in [9.17, 15) is 4.79 Å². The average Bonchev–Trinajstić information content (AvgIpc) is 2.59. The Bertz CT molecular complexity index is 527. The first kappa shape index (κ1) is 18.7. The van der Waals surface area contributed by atoms with Crippen LogP contribution in [0.2, 0.25) is 0 Å². The van der Waals surface area contributed by atoms with Crippen LogP contribution >= 0.6 is 0 Å². The van der Waals surface area contributed by atoms with E-state index in [1.807, 2.05) is 6.92 Å². The molecule has 1 unspecified atom stereocenters. The van der Waals surface area contributed by atoms with E-state index in [4.69, 9.17) is 9.84 Å². The summed E-state index contributed by atoms with van der Waals surface area (Å²) < 4.78 is 5.55. The summed E-state index contributed by atoms with van der Waals surface area (Å²) in [4.78, 5) is 12.1. The van der Waals surface area contributed by atoms with Gasteiger partial charge in [0, 0.05) is 38.3 Å². The smallest absolute Gasteiger partial charge is 0.314 e. The Hall–Kier alpha value is -1.59. The molecule has 0 bridgehead atoms. The van der Waals surface area contributed by atoms with E-state index in [1.54, 1.807) is 0 Å². The van der Waals surface area contributed by atoms with Crippen molar-refractivity contribution in [2.75, 3.05) is 32.9 Å². The number of rotatable bonds is 7. The molecule has 134 valence electrons. The fourth-order valence-electron chi connectivity index (χ4n) is 3.37. The fourth-order valence-corrected chi connectivity index (χ4v) is 3.37. The maximum Gasteiger partial charge on any atom is 0.314 e. The van der Waals surface area contributed by atoms with Crippen molar-refractivity contribution in [2.45, 2.75) is 38.5 Å². The average molecular weight is 334 g/mol. The lowest BCUT2D eigenvalue weighted by Gasteiger charge is -2.39. The van der Waals surface area contributed by atoms with Crippen LogP contribution in [-0.2, 0) is 10.2 Å². The maximum atomic E-state index is 12.1. The molecule has 0 radical (unpaired) electrons. The normalized spacial score (nSPS) is 18.0. The third-order valence-corrected chi connectivity index (χ3v) is 4.99. The van der Waals surface area contributed by atoms with Crippen LogP contribution in [0.4, 0.5) is 4.79 Å². The molecule has 1 aliphatic rings. The molecular formula is C19H30N2O3. The van der Waals surface area contributed by atoms with Gasteiger partial charge >= 0.3 is 6.03 Å². The van der Waals surface area contributed by atoms with Gasteiger partial charge in [-0.05, 0) is 43.2 Å². The van der Waals surface area contributed by atoms with Gasteiger partial charge in [0.2, 0.25) is 0 Å². The van der Waals surface area contributed by atoms with Crippen molar-refractivity contribution in [1.29, 1.82) is 0 Å². The topological polar surface area (TPSA) is 70.6 Å². The number of carbonyl (C=O) groups excluding carboxylic acids is 1. The SMILES string of the molecule is Cc1ccccc1C1(CNC(=O)NCC(C)CCO)CCOCC1. The van der Waals surface area contributed by atoms with Crippen molar-refractivity contribution in [3.05, 3.63) is 35.4 Å². The molecule has 2 amide bonds. The van der Waals surface area contributed by atoms with E-state index in [0.717, 1.165) is 26.1 Å². The molecule has 1 atom stereocenters. The number of hydrogen-bond donors (Lipinski definition) is 3. The molecule has 5 nitrogen and oxygen atoms in total. The number of benzene rings is 1. The first-order valence-electron chi connectivity index (χ1n) is 8.84. The van der Waals surface area contributed by atoms with Gasteiger partial charge in [-0.1, -0.05) is 31.2 Å². The van der Waals surface area contributed by atoms with E-state index in [0.29, 0.717) is 19.5 Å². The van der Waals surface area contributed by atoms with Crippen LogP contribution in [0.3, 0.4) is 0 Å². The second-order valence-corrected chi connectivity index (χ2v) is 6.89. The van der Waals surface area contributed by atoms with Gasteiger partial charge in [-0.2, -0.15) is 0 Å². The predicted octanol–water partition coefficient (Wildman–Crippen LogP) is 2.36. The van der Waals surface area contributed by atoms with Crippen LogP contribution in [0, 0.1) is 12.8 Å². The van der Waals surface area contributed by atoms with Gasteiger partial charge < -0.3 is 20.5 Å². The van der Waals surface area contributed by atoms with Crippen LogP contribution < -0.4 is 10.6 Å². The third kappa shape index (κ3) is 4.95. The highest BCUT2D eigenvalue weighted by Gasteiger charge is 2.35. The molecule has 1 saturated heterocycles. The van der Waals surface area contributed by atoms with E-state index in [2.05, 4.69) is 41.8 Å². The highest BCUT2D eigenvalue weighted by Crippen LogP contribution is 2.36. The molecule has 1 heterocycles. The number of aryl methyl sites for hydroxylation is 1. The lowest BCUT2D eigenvalue weighted by molar-refractivity contribution is 0.0505. The molecule has 1 aliphatic heterocycles. The molecule has 0 saturated carbocycles. The van der Waals surface area contributed by atoms with Crippen molar-refractivity contribution >= 4 is 6.03 Å². The van der Waals surface area contributed by atoms with Crippen LogP contribution in [0.25, 0.3) is 0 Å². The second-order valence-electron chi connectivity index (χ2n) is 6.89. The number of carbonyl (C=O) groups is 1. The van der Waals surface area contributed by atoms with Gasteiger partial charge in [-0.3, -0.25) is 0 Å². The summed E-state index contributed by atoms with van der Waals surface area (Å²) in [6.45, 7) is 6.94. The summed E-state index contributed by atoms with van der Waals surface area (Å²) in [5.74, 6) is 0.272. The number of ether oxygens (including phenoxy) is 1. The van der Waals surface area contributed by atoms with Gasteiger partial charge in [0.15, 0.2) is 0 Å². The minimum atomic E-state index is -0.140.